The molecule has 0 saturated carbocycles. The normalized spacial score (nSPS) is 26.4. The van der Waals surface area contributed by atoms with Crippen molar-refractivity contribution < 1.29 is 4.79 Å². The van der Waals surface area contributed by atoms with E-state index in [0.717, 1.165) is 37.8 Å². The predicted octanol–water partition coefficient (Wildman–Crippen LogP) is 2.44. The van der Waals surface area contributed by atoms with E-state index in [4.69, 9.17) is 0 Å². The third kappa shape index (κ3) is 2.44. The van der Waals surface area contributed by atoms with Gasteiger partial charge in [-0.25, -0.2) is 0 Å². The summed E-state index contributed by atoms with van der Waals surface area (Å²) >= 11 is 0. The Hall–Kier alpha value is -0.630. The van der Waals surface area contributed by atoms with Crippen LogP contribution in [0.2, 0.25) is 0 Å². The van der Waals surface area contributed by atoms with Gasteiger partial charge in [-0.15, -0.1) is 6.58 Å². The number of rotatable bonds is 5. The smallest absolute Gasteiger partial charge is 0.153 e. The van der Waals surface area contributed by atoms with Crippen molar-refractivity contribution in [3.8, 4) is 0 Å². The van der Waals surface area contributed by atoms with Crippen LogP contribution in [0.15, 0.2) is 12.2 Å². The quantitative estimate of drug-likeness (QED) is 0.683. The summed E-state index contributed by atoms with van der Waals surface area (Å²) in [5.74, 6) is 0.375. The minimum atomic E-state index is -0.199. The van der Waals surface area contributed by atoms with Crippen LogP contribution in [0.25, 0.3) is 0 Å². The fourth-order valence-corrected chi connectivity index (χ4v) is 2.11. The largest absolute Gasteiger partial charge is 0.305 e. The van der Waals surface area contributed by atoms with Crippen molar-refractivity contribution in [2.45, 2.75) is 51.5 Å². The number of carbonyl (C=O) groups excluding carboxylic acids is 1. The van der Waals surface area contributed by atoms with Gasteiger partial charge in [0.05, 0.1) is 5.54 Å². The van der Waals surface area contributed by atoms with E-state index in [1.54, 1.807) is 0 Å². The number of hydrogen-bond donors (Lipinski definition) is 1. The van der Waals surface area contributed by atoms with Gasteiger partial charge in [-0.2, -0.15) is 0 Å². The molecule has 2 nitrogen and oxygen atoms in total. The molecule has 80 valence electrons. The average Bonchev–Trinajstić information content (AvgIpc) is 2.63. The molecule has 1 saturated heterocycles. The van der Waals surface area contributed by atoms with E-state index < -0.39 is 0 Å². The summed E-state index contributed by atoms with van der Waals surface area (Å²) in [5.41, 5.74) is 0.901. The van der Waals surface area contributed by atoms with Crippen molar-refractivity contribution in [3.05, 3.63) is 12.2 Å². The molecule has 0 aromatic heterocycles. The fraction of sp³-hybridized carbons (Fsp3) is 0.750. The Labute approximate surface area is 86.8 Å². The van der Waals surface area contributed by atoms with Gasteiger partial charge in [0.15, 0.2) is 5.78 Å². The molecule has 1 fully saturated rings. The van der Waals surface area contributed by atoms with Crippen LogP contribution in [0.4, 0.5) is 0 Å². The van der Waals surface area contributed by atoms with E-state index in [9.17, 15) is 4.79 Å². The van der Waals surface area contributed by atoms with E-state index in [0.29, 0.717) is 12.2 Å². The van der Waals surface area contributed by atoms with Crippen LogP contribution in [0.5, 0.6) is 0 Å². The first kappa shape index (κ1) is 11.4. The van der Waals surface area contributed by atoms with Gasteiger partial charge in [0, 0.05) is 6.42 Å². The third-order valence-corrected chi connectivity index (χ3v) is 3.16. The van der Waals surface area contributed by atoms with Gasteiger partial charge in [-0.1, -0.05) is 12.5 Å². The summed E-state index contributed by atoms with van der Waals surface area (Å²) in [4.78, 5) is 12.0. The van der Waals surface area contributed by atoms with Gasteiger partial charge < -0.3 is 5.32 Å². The number of hydrogen-bond acceptors (Lipinski definition) is 2. The summed E-state index contributed by atoms with van der Waals surface area (Å²) < 4.78 is 0. The van der Waals surface area contributed by atoms with Crippen molar-refractivity contribution in [1.29, 1.82) is 0 Å². The molecule has 0 bridgehead atoms. The van der Waals surface area contributed by atoms with E-state index in [1.165, 1.54) is 0 Å². The Morgan fingerprint density at radius 3 is 2.64 bits per heavy atom. The highest BCUT2D eigenvalue weighted by Gasteiger charge is 2.37. The first-order valence-electron chi connectivity index (χ1n) is 5.53. The summed E-state index contributed by atoms with van der Waals surface area (Å²) in [5, 5.41) is 3.36. The van der Waals surface area contributed by atoms with Crippen molar-refractivity contribution in [1.82, 2.24) is 5.32 Å². The Morgan fingerprint density at radius 1 is 1.50 bits per heavy atom. The van der Waals surface area contributed by atoms with Gasteiger partial charge in [0.1, 0.15) is 0 Å². The van der Waals surface area contributed by atoms with Gasteiger partial charge in [0.2, 0.25) is 0 Å². The number of ketones is 1. The van der Waals surface area contributed by atoms with Crippen LogP contribution in [-0.4, -0.2) is 17.9 Å². The van der Waals surface area contributed by atoms with Crippen molar-refractivity contribution in [2.24, 2.45) is 0 Å². The Bertz CT molecular complexity index is 226. The zero-order valence-corrected chi connectivity index (χ0v) is 9.36. The first-order valence-corrected chi connectivity index (χ1v) is 5.53. The molecule has 0 amide bonds. The van der Waals surface area contributed by atoms with Crippen molar-refractivity contribution in [3.63, 3.8) is 0 Å². The van der Waals surface area contributed by atoms with Crippen LogP contribution < -0.4 is 5.32 Å². The summed E-state index contributed by atoms with van der Waals surface area (Å²) in [7, 11) is 0. The second kappa shape index (κ2) is 4.74. The molecule has 1 N–H and O–H groups in total. The molecule has 0 aliphatic carbocycles. The molecule has 1 aliphatic heterocycles. The fourth-order valence-electron chi connectivity index (χ4n) is 2.11. The summed E-state index contributed by atoms with van der Waals surface area (Å²) in [6.45, 7) is 8.90. The van der Waals surface area contributed by atoms with Gasteiger partial charge in [0.25, 0.3) is 0 Å². The van der Waals surface area contributed by atoms with Crippen LogP contribution >= 0.6 is 0 Å². The highest BCUT2D eigenvalue weighted by molar-refractivity contribution is 5.88. The third-order valence-electron chi connectivity index (χ3n) is 3.16. The van der Waals surface area contributed by atoms with Gasteiger partial charge in [-0.05, 0) is 39.2 Å². The van der Waals surface area contributed by atoms with Gasteiger partial charge >= 0.3 is 0 Å². The minimum Gasteiger partial charge on any atom is -0.305 e. The zero-order chi connectivity index (χ0) is 10.6. The van der Waals surface area contributed by atoms with E-state index in [-0.39, 0.29) is 5.54 Å². The molecule has 0 aromatic rings. The maximum Gasteiger partial charge on any atom is 0.153 e. The molecule has 1 aliphatic rings. The summed E-state index contributed by atoms with van der Waals surface area (Å²) in [6, 6.07) is 0. The minimum absolute atomic E-state index is 0.199. The summed E-state index contributed by atoms with van der Waals surface area (Å²) in [6.07, 6.45) is 4.55. The number of carbonyl (C=O) groups is 1. The average molecular weight is 195 g/mol. The molecule has 1 rings (SSSR count). The maximum atomic E-state index is 12.0. The van der Waals surface area contributed by atoms with E-state index in [1.807, 2.05) is 6.92 Å². The second-order valence-electron chi connectivity index (χ2n) is 4.35. The lowest BCUT2D eigenvalue weighted by Gasteiger charge is -2.26. The molecule has 14 heavy (non-hydrogen) atoms. The Kier molecular flexibility index (Phi) is 3.87. The molecule has 0 spiro atoms. The van der Waals surface area contributed by atoms with Crippen molar-refractivity contribution in [2.75, 3.05) is 6.54 Å². The van der Waals surface area contributed by atoms with E-state index in [2.05, 4.69) is 18.8 Å². The second-order valence-corrected chi connectivity index (χ2v) is 4.35. The SMILES string of the molecule is C=C(C)CCC(=O)C1(CC)CCCN1. The topological polar surface area (TPSA) is 29.1 Å². The van der Waals surface area contributed by atoms with Crippen LogP contribution in [-0.2, 0) is 4.79 Å². The monoisotopic (exact) mass is 195 g/mol. The lowest BCUT2D eigenvalue weighted by Crippen LogP contribution is -2.46. The number of Topliss-reactive ketones (excluding diaryl/α,β-unsaturated/α-hetero) is 1. The van der Waals surface area contributed by atoms with Crippen molar-refractivity contribution >= 4 is 5.78 Å². The predicted molar refractivity (Wildman–Crippen MR) is 59.3 cm³/mol. The Morgan fingerprint density at radius 2 is 2.21 bits per heavy atom. The molecular formula is C12H21NO. The zero-order valence-electron chi connectivity index (χ0n) is 9.36. The molecule has 1 unspecified atom stereocenters. The molecule has 2 heteroatoms. The van der Waals surface area contributed by atoms with Crippen LogP contribution in [0.3, 0.4) is 0 Å². The van der Waals surface area contributed by atoms with Crippen LogP contribution in [0.1, 0.15) is 46.0 Å². The van der Waals surface area contributed by atoms with Gasteiger partial charge in [-0.3, -0.25) is 4.79 Å². The highest BCUT2D eigenvalue weighted by Crippen LogP contribution is 2.26. The standard InChI is InChI=1S/C12H21NO/c1-4-12(8-5-9-13-12)11(14)7-6-10(2)3/h13H,2,4-9H2,1,3H3. The highest BCUT2D eigenvalue weighted by atomic mass is 16.1. The van der Waals surface area contributed by atoms with Crippen LogP contribution in [0, 0.1) is 0 Å². The maximum absolute atomic E-state index is 12.0. The lowest BCUT2D eigenvalue weighted by molar-refractivity contribution is -0.125. The molecule has 0 radical (unpaired) electrons. The first-order chi connectivity index (χ1) is 6.60. The molecule has 1 atom stereocenters. The Balaban J connectivity index is 2.52. The number of allylic oxidation sites excluding steroid dienone is 1. The molecular weight excluding hydrogens is 174 g/mol. The lowest BCUT2D eigenvalue weighted by atomic mass is 9.86. The molecule has 1 heterocycles. The number of nitrogens with one attached hydrogen (secondary N) is 1. The van der Waals surface area contributed by atoms with E-state index >= 15 is 0 Å². The molecule has 0 aromatic carbocycles.